The van der Waals surface area contributed by atoms with Crippen LogP contribution in [0.5, 0.6) is 17.2 Å². The molecule has 4 aromatic carbocycles. The van der Waals surface area contributed by atoms with Crippen molar-refractivity contribution in [3.05, 3.63) is 119 Å². The second kappa shape index (κ2) is 11.7. The number of aromatic nitrogens is 1. The zero-order valence-corrected chi connectivity index (χ0v) is 25.5. The van der Waals surface area contributed by atoms with E-state index in [1.54, 1.807) is 18.2 Å². The van der Waals surface area contributed by atoms with Crippen LogP contribution in [-0.4, -0.2) is 34.5 Å². The lowest BCUT2D eigenvalue weighted by Gasteiger charge is -2.23. The van der Waals surface area contributed by atoms with Crippen molar-refractivity contribution >= 4 is 44.1 Å². The first-order valence-corrected chi connectivity index (χ1v) is 15.6. The second-order valence-corrected chi connectivity index (χ2v) is 12.0. The number of hydrogen-bond donors (Lipinski definition) is 1. The minimum atomic E-state index is -0.944. The average molecular weight is 619 g/mol. The summed E-state index contributed by atoms with van der Waals surface area (Å²) in [6, 6.07) is 27.0. The number of aliphatic hydroxyl groups excluding tert-OH is 1. The van der Waals surface area contributed by atoms with Crippen molar-refractivity contribution in [3.63, 3.8) is 0 Å². The Hall–Kier alpha value is -5.15. The number of aliphatic hydroxyl groups is 1. The summed E-state index contributed by atoms with van der Waals surface area (Å²) in [5, 5.41) is 12.1. The number of carbonyl (C=O) groups is 2. The van der Waals surface area contributed by atoms with Crippen molar-refractivity contribution in [2.75, 3.05) is 11.5 Å². The van der Waals surface area contributed by atoms with Gasteiger partial charge in [0.25, 0.3) is 5.78 Å². The molecule has 8 nitrogen and oxygen atoms in total. The standard InChI is InChI=1S/C36H30N2O6S/c1-3-42-27-13-14-28-30(19-27)45-36(37-28)38-32(23-10-7-11-26(18-23)43-20-22-8-5-4-6-9-22)31(34(40)35(38)41)33(39)24-12-15-29-25(17-24)16-21(2)44-29/h4-15,17-19,21,32,39H,3,16,20H2,1-2H3/t21-,32-/m1/s1. The van der Waals surface area contributed by atoms with Crippen LogP contribution in [-0.2, 0) is 22.6 Å². The summed E-state index contributed by atoms with van der Waals surface area (Å²) in [5.74, 6) is 0.207. The third-order valence-corrected chi connectivity index (χ3v) is 8.92. The van der Waals surface area contributed by atoms with E-state index in [9.17, 15) is 14.7 Å². The van der Waals surface area contributed by atoms with Gasteiger partial charge in [0, 0.05) is 12.0 Å². The molecule has 1 amide bonds. The molecule has 7 rings (SSSR count). The number of fused-ring (bicyclic) bond motifs is 2. The zero-order chi connectivity index (χ0) is 31.1. The van der Waals surface area contributed by atoms with Gasteiger partial charge in [-0.15, -0.1) is 0 Å². The van der Waals surface area contributed by atoms with Crippen molar-refractivity contribution in [1.82, 2.24) is 4.98 Å². The van der Waals surface area contributed by atoms with Crippen LogP contribution in [0.1, 0.15) is 42.1 Å². The fourth-order valence-electron chi connectivity index (χ4n) is 5.84. The molecule has 0 radical (unpaired) electrons. The lowest BCUT2D eigenvalue weighted by Crippen LogP contribution is -2.29. The summed E-state index contributed by atoms with van der Waals surface area (Å²) in [5.41, 5.74) is 3.65. The number of ether oxygens (including phenoxy) is 3. The maximum absolute atomic E-state index is 13.8. The Morgan fingerprint density at radius 3 is 2.62 bits per heavy atom. The van der Waals surface area contributed by atoms with Crippen molar-refractivity contribution in [1.29, 1.82) is 0 Å². The minimum absolute atomic E-state index is 0.0126. The van der Waals surface area contributed by atoms with E-state index < -0.39 is 17.7 Å². The Morgan fingerprint density at radius 1 is 0.978 bits per heavy atom. The SMILES string of the molecule is CCOc1ccc2nc(N3C(=O)C(=O)C(=C(O)c4ccc5c(c4)C[C@@H](C)O5)[C@H]3c3cccc(OCc4ccccc4)c3)sc2c1. The Bertz CT molecular complexity index is 1970. The Labute approximate surface area is 264 Å². The van der Waals surface area contributed by atoms with Crippen LogP contribution in [0, 0.1) is 0 Å². The minimum Gasteiger partial charge on any atom is -0.507 e. The number of hydrogen-bond acceptors (Lipinski definition) is 8. The summed E-state index contributed by atoms with van der Waals surface area (Å²) in [4.78, 5) is 33.8. The highest BCUT2D eigenvalue weighted by Gasteiger charge is 2.48. The number of amides is 1. The Morgan fingerprint density at radius 2 is 1.80 bits per heavy atom. The van der Waals surface area contributed by atoms with Gasteiger partial charge in [0.2, 0.25) is 0 Å². The lowest BCUT2D eigenvalue weighted by atomic mass is 9.94. The predicted molar refractivity (Wildman–Crippen MR) is 173 cm³/mol. The molecule has 0 saturated carbocycles. The van der Waals surface area contributed by atoms with Crippen LogP contribution in [0.4, 0.5) is 5.13 Å². The summed E-state index contributed by atoms with van der Waals surface area (Å²) < 4.78 is 18.4. The molecule has 1 fully saturated rings. The molecule has 9 heteroatoms. The number of nitrogens with zero attached hydrogens (tertiary/aromatic N) is 2. The molecule has 2 atom stereocenters. The van der Waals surface area contributed by atoms with E-state index in [0.29, 0.717) is 52.9 Å². The predicted octanol–water partition coefficient (Wildman–Crippen LogP) is 7.22. The van der Waals surface area contributed by atoms with E-state index in [1.165, 1.54) is 16.2 Å². The van der Waals surface area contributed by atoms with Crippen molar-refractivity contribution < 1.29 is 28.9 Å². The smallest absolute Gasteiger partial charge is 0.301 e. The van der Waals surface area contributed by atoms with Crippen LogP contribution in [0.3, 0.4) is 0 Å². The van der Waals surface area contributed by atoms with Crippen LogP contribution in [0.25, 0.3) is 16.0 Å². The maximum Gasteiger partial charge on any atom is 0.301 e. The topological polar surface area (TPSA) is 98.2 Å². The molecule has 2 aliphatic heterocycles. The van der Waals surface area contributed by atoms with E-state index in [1.807, 2.05) is 86.6 Å². The van der Waals surface area contributed by atoms with Gasteiger partial charge in [-0.3, -0.25) is 14.5 Å². The molecule has 1 aromatic heterocycles. The van der Waals surface area contributed by atoms with Gasteiger partial charge in [0.05, 0.1) is 28.4 Å². The molecule has 1 N–H and O–H groups in total. The van der Waals surface area contributed by atoms with E-state index >= 15 is 0 Å². The van der Waals surface area contributed by atoms with Crippen LogP contribution in [0.2, 0.25) is 0 Å². The highest BCUT2D eigenvalue weighted by Crippen LogP contribution is 2.45. The fourth-order valence-corrected chi connectivity index (χ4v) is 6.86. The summed E-state index contributed by atoms with van der Waals surface area (Å²) in [7, 11) is 0. The normalized spacial score (nSPS) is 18.7. The molecule has 1 saturated heterocycles. The molecule has 226 valence electrons. The summed E-state index contributed by atoms with van der Waals surface area (Å²) in [6.45, 7) is 4.75. The van der Waals surface area contributed by atoms with Crippen LogP contribution < -0.4 is 19.1 Å². The van der Waals surface area contributed by atoms with E-state index in [0.717, 1.165) is 21.6 Å². The van der Waals surface area contributed by atoms with Gasteiger partial charge < -0.3 is 19.3 Å². The van der Waals surface area contributed by atoms with Gasteiger partial charge in [-0.05, 0) is 79.1 Å². The van der Waals surface area contributed by atoms with E-state index in [-0.39, 0.29) is 17.4 Å². The third-order valence-electron chi connectivity index (χ3n) is 7.90. The van der Waals surface area contributed by atoms with Gasteiger partial charge in [-0.1, -0.05) is 53.8 Å². The highest BCUT2D eigenvalue weighted by molar-refractivity contribution is 7.22. The Balaban J connectivity index is 1.34. The van der Waals surface area contributed by atoms with Gasteiger partial charge in [0.15, 0.2) is 5.13 Å². The second-order valence-electron chi connectivity index (χ2n) is 11.0. The molecule has 2 aliphatic rings. The van der Waals surface area contributed by atoms with Crippen molar-refractivity contribution in [2.45, 2.75) is 39.0 Å². The zero-order valence-electron chi connectivity index (χ0n) is 24.7. The number of anilines is 1. The lowest BCUT2D eigenvalue weighted by molar-refractivity contribution is -0.132. The van der Waals surface area contributed by atoms with Gasteiger partial charge in [0.1, 0.15) is 35.7 Å². The number of benzene rings is 4. The van der Waals surface area contributed by atoms with Gasteiger partial charge in [-0.2, -0.15) is 0 Å². The quantitative estimate of drug-likeness (QED) is 0.111. The average Bonchev–Trinajstić information content (AvgIpc) is 3.72. The summed E-state index contributed by atoms with van der Waals surface area (Å²) >= 11 is 1.29. The number of thiazole rings is 1. The van der Waals surface area contributed by atoms with E-state index in [4.69, 9.17) is 19.2 Å². The van der Waals surface area contributed by atoms with Gasteiger partial charge in [-0.25, -0.2) is 4.98 Å². The van der Waals surface area contributed by atoms with E-state index in [2.05, 4.69) is 0 Å². The molecule has 0 aliphatic carbocycles. The largest absolute Gasteiger partial charge is 0.507 e. The molecule has 5 aromatic rings. The molecular weight excluding hydrogens is 588 g/mol. The van der Waals surface area contributed by atoms with Crippen LogP contribution in [0.15, 0.2) is 96.6 Å². The van der Waals surface area contributed by atoms with Crippen molar-refractivity contribution in [3.8, 4) is 17.2 Å². The first-order chi connectivity index (χ1) is 21.9. The molecule has 3 heterocycles. The number of rotatable bonds is 8. The monoisotopic (exact) mass is 618 g/mol. The first kappa shape index (κ1) is 28.6. The number of ketones is 1. The first-order valence-electron chi connectivity index (χ1n) is 14.8. The highest BCUT2D eigenvalue weighted by atomic mass is 32.1. The maximum atomic E-state index is 13.8. The number of carbonyl (C=O) groups excluding carboxylic acids is 2. The number of Topliss-reactive ketones (excluding diaryl/α,β-unsaturated/α-hetero) is 1. The molecule has 45 heavy (non-hydrogen) atoms. The molecule has 0 unspecified atom stereocenters. The fraction of sp³-hybridized carbons (Fsp3) is 0.194. The Kier molecular flexibility index (Phi) is 7.47. The molecular formula is C36H30N2O6S. The van der Waals surface area contributed by atoms with Crippen LogP contribution >= 0.6 is 11.3 Å². The van der Waals surface area contributed by atoms with Gasteiger partial charge >= 0.3 is 5.91 Å². The summed E-state index contributed by atoms with van der Waals surface area (Å²) in [6.07, 6.45) is 0.702. The van der Waals surface area contributed by atoms with Crippen molar-refractivity contribution in [2.24, 2.45) is 0 Å². The molecule has 0 spiro atoms. The third kappa shape index (κ3) is 5.40. The molecule has 0 bridgehead atoms.